The lowest BCUT2D eigenvalue weighted by molar-refractivity contribution is 0.0316. The number of carbonyl (C=O) groups excluding carboxylic acids is 3. The fraction of sp³-hybridized carbons (Fsp3) is 0.278. The number of hydrogen-bond donors (Lipinski definition) is 1. The van der Waals surface area contributed by atoms with Gasteiger partial charge in [-0.3, -0.25) is 4.79 Å². The van der Waals surface area contributed by atoms with Crippen molar-refractivity contribution in [3.63, 3.8) is 0 Å². The first-order chi connectivity index (χ1) is 12.1. The van der Waals surface area contributed by atoms with Gasteiger partial charge < -0.3 is 14.5 Å². The summed E-state index contributed by atoms with van der Waals surface area (Å²) in [4.78, 5) is 39.5. The van der Waals surface area contributed by atoms with E-state index in [0.717, 1.165) is 0 Å². The standard InChI is InChI=1S/C18H17Cl2NO5/c1-8-14(18(24)25-4)9(2)21-15(8)16(22)10(3)26-17(23)11-5-12(19)7-13(20)6-11/h5-7,10,21H,1-4H3/t10-/m1/s1. The van der Waals surface area contributed by atoms with E-state index in [2.05, 4.69) is 4.98 Å². The lowest BCUT2D eigenvalue weighted by Crippen LogP contribution is -2.25. The van der Waals surface area contributed by atoms with Crippen LogP contribution in [-0.4, -0.2) is 35.9 Å². The van der Waals surface area contributed by atoms with Crippen LogP contribution in [0.4, 0.5) is 0 Å². The number of ketones is 1. The molecule has 26 heavy (non-hydrogen) atoms. The summed E-state index contributed by atoms with van der Waals surface area (Å²) >= 11 is 11.7. The summed E-state index contributed by atoms with van der Waals surface area (Å²) in [5.74, 6) is -1.75. The molecule has 0 aliphatic heterocycles. The smallest absolute Gasteiger partial charge is 0.339 e. The molecule has 2 aromatic rings. The van der Waals surface area contributed by atoms with Gasteiger partial charge in [-0.1, -0.05) is 23.2 Å². The zero-order valence-corrected chi connectivity index (χ0v) is 16.1. The summed E-state index contributed by atoms with van der Waals surface area (Å²) in [7, 11) is 1.26. The highest BCUT2D eigenvalue weighted by Crippen LogP contribution is 2.22. The largest absolute Gasteiger partial charge is 0.465 e. The molecule has 6 nitrogen and oxygen atoms in total. The van der Waals surface area contributed by atoms with Crippen LogP contribution in [0.5, 0.6) is 0 Å². The maximum atomic E-state index is 12.6. The number of carbonyl (C=O) groups is 3. The van der Waals surface area contributed by atoms with Gasteiger partial charge in [-0.15, -0.1) is 0 Å². The molecule has 0 saturated heterocycles. The minimum atomic E-state index is -1.08. The second-order valence-electron chi connectivity index (χ2n) is 5.69. The summed E-state index contributed by atoms with van der Waals surface area (Å²) in [6, 6.07) is 4.27. The van der Waals surface area contributed by atoms with Crippen molar-refractivity contribution >= 4 is 40.9 Å². The molecule has 1 heterocycles. The molecule has 0 spiro atoms. The van der Waals surface area contributed by atoms with E-state index in [1.54, 1.807) is 13.8 Å². The van der Waals surface area contributed by atoms with E-state index in [-0.39, 0.29) is 26.9 Å². The Kier molecular flexibility index (Phi) is 6.10. The van der Waals surface area contributed by atoms with Gasteiger partial charge in [-0.25, -0.2) is 9.59 Å². The number of methoxy groups -OCH3 is 1. The first-order valence-electron chi connectivity index (χ1n) is 7.64. The van der Waals surface area contributed by atoms with Gasteiger partial charge in [0.25, 0.3) is 0 Å². The zero-order valence-electron chi connectivity index (χ0n) is 14.6. The van der Waals surface area contributed by atoms with E-state index in [0.29, 0.717) is 11.3 Å². The summed E-state index contributed by atoms with van der Waals surface area (Å²) in [5.41, 5.74) is 1.55. The molecule has 138 valence electrons. The number of ether oxygens (including phenoxy) is 2. The van der Waals surface area contributed by atoms with Crippen LogP contribution < -0.4 is 0 Å². The van der Waals surface area contributed by atoms with Gasteiger partial charge in [0.2, 0.25) is 5.78 Å². The predicted molar refractivity (Wildman–Crippen MR) is 97.3 cm³/mol. The Morgan fingerprint density at radius 2 is 1.62 bits per heavy atom. The molecule has 0 amide bonds. The molecule has 8 heteroatoms. The number of aromatic nitrogens is 1. The molecule has 0 fully saturated rings. The van der Waals surface area contributed by atoms with Gasteiger partial charge in [-0.05, 0) is 44.5 Å². The number of hydrogen-bond acceptors (Lipinski definition) is 5. The monoisotopic (exact) mass is 397 g/mol. The molecule has 2 rings (SSSR count). The number of benzene rings is 1. The van der Waals surface area contributed by atoms with Gasteiger partial charge in [0, 0.05) is 15.7 Å². The van der Waals surface area contributed by atoms with E-state index in [4.69, 9.17) is 32.7 Å². The van der Waals surface area contributed by atoms with Crippen LogP contribution in [0.15, 0.2) is 18.2 Å². The van der Waals surface area contributed by atoms with E-state index >= 15 is 0 Å². The molecular formula is C18H17Cl2NO5. The molecule has 0 aliphatic carbocycles. The number of aromatic amines is 1. The number of Topliss-reactive ketones (excluding diaryl/α,β-unsaturated/α-hetero) is 1. The fourth-order valence-electron chi connectivity index (χ4n) is 2.56. The molecule has 1 aromatic heterocycles. The van der Waals surface area contributed by atoms with Crippen LogP contribution >= 0.6 is 23.2 Å². The van der Waals surface area contributed by atoms with Gasteiger partial charge >= 0.3 is 11.9 Å². The lowest BCUT2D eigenvalue weighted by atomic mass is 10.1. The average molecular weight is 398 g/mol. The zero-order chi connectivity index (χ0) is 19.6. The molecule has 0 saturated carbocycles. The molecule has 0 aliphatic rings. The molecule has 0 radical (unpaired) electrons. The van der Waals surface area contributed by atoms with Crippen molar-refractivity contribution in [2.24, 2.45) is 0 Å². The van der Waals surface area contributed by atoms with Crippen LogP contribution in [0.2, 0.25) is 10.0 Å². The van der Waals surface area contributed by atoms with Crippen molar-refractivity contribution in [1.29, 1.82) is 0 Å². The molecule has 0 unspecified atom stereocenters. The summed E-state index contributed by atoms with van der Waals surface area (Å²) in [6.07, 6.45) is -1.08. The SMILES string of the molecule is COC(=O)c1c(C)[nH]c(C(=O)[C@@H](C)OC(=O)c2cc(Cl)cc(Cl)c2)c1C. The van der Waals surface area contributed by atoms with Gasteiger partial charge in [0.05, 0.1) is 23.9 Å². The molecule has 1 aromatic carbocycles. The molecule has 1 atom stereocenters. The van der Waals surface area contributed by atoms with Crippen LogP contribution in [0.3, 0.4) is 0 Å². The number of nitrogens with one attached hydrogen (secondary N) is 1. The Balaban J connectivity index is 2.22. The third-order valence-corrected chi connectivity index (χ3v) is 4.26. The molecule has 0 bridgehead atoms. The normalized spacial score (nSPS) is 11.8. The van der Waals surface area contributed by atoms with E-state index in [1.807, 2.05) is 0 Å². The van der Waals surface area contributed by atoms with Crippen molar-refractivity contribution in [3.8, 4) is 0 Å². The highest BCUT2D eigenvalue weighted by atomic mass is 35.5. The fourth-order valence-corrected chi connectivity index (χ4v) is 3.09. The van der Waals surface area contributed by atoms with Crippen molar-refractivity contribution < 1.29 is 23.9 Å². The highest BCUT2D eigenvalue weighted by Gasteiger charge is 2.27. The molecule has 1 N–H and O–H groups in total. The quantitative estimate of drug-likeness (QED) is 0.604. The van der Waals surface area contributed by atoms with Crippen LogP contribution in [-0.2, 0) is 9.47 Å². The van der Waals surface area contributed by atoms with Crippen LogP contribution in [0, 0.1) is 13.8 Å². The van der Waals surface area contributed by atoms with Crippen molar-refractivity contribution in [3.05, 3.63) is 56.3 Å². The summed E-state index contributed by atoms with van der Waals surface area (Å²) in [5, 5.41) is 0.559. The van der Waals surface area contributed by atoms with Crippen LogP contribution in [0.25, 0.3) is 0 Å². The van der Waals surface area contributed by atoms with Crippen LogP contribution in [0.1, 0.15) is 49.4 Å². The van der Waals surface area contributed by atoms with Gasteiger partial charge in [0.1, 0.15) is 0 Å². The third kappa shape index (κ3) is 4.08. The van der Waals surface area contributed by atoms with Crippen molar-refractivity contribution in [2.45, 2.75) is 26.9 Å². The Bertz CT molecular complexity index is 868. The van der Waals surface area contributed by atoms with Gasteiger partial charge in [-0.2, -0.15) is 0 Å². The predicted octanol–water partition coefficient (Wildman–Crippen LogP) is 4.15. The maximum Gasteiger partial charge on any atom is 0.339 e. The maximum absolute atomic E-state index is 12.6. The van der Waals surface area contributed by atoms with Crippen molar-refractivity contribution in [1.82, 2.24) is 4.98 Å². The Labute approximate surface area is 160 Å². The third-order valence-electron chi connectivity index (χ3n) is 3.82. The lowest BCUT2D eigenvalue weighted by Gasteiger charge is -2.12. The number of rotatable bonds is 5. The van der Waals surface area contributed by atoms with Crippen molar-refractivity contribution in [2.75, 3.05) is 7.11 Å². The summed E-state index contributed by atoms with van der Waals surface area (Å²) < 4.78 is 9.93. The Morgan fingerprint density at radius 3 is 2.15 bits per heavy atom. The number of esters is 2. The van der Waals surface area contributed by atoms with E-state index < -0.39 is 23.8 Å². The summed E-state index contributed by atoms with van der Waals surface area (Å²) in [6.45, 7) is 4.72. The molecular weight excluding hydrogens is 381 g/mol. The second kappa shape index (κ2) is 7.93. The number of halogens is 2. The number of H-pyrrole nitrogens is 1. The first kappa shape index (κ1) is 20.0. The Morgan fingerprint density at radius 1 is 1.04 bits per heavy atom. The van der Waals surface area contributed by atoms with E-state index in [1.165, 1.54) is 32.2 Å². The second-order valence-corrected chi connectivity index (χ2v) is 6.56. The van der Waals surface area contributed by atoms with Gasteiger partial charge in [0.15, 0.2) is 6.10 Å². The Hall–Kier alpha value is -2.31. The topological polar surface area (TPSA) is 85.5 Å². The number of aryl methyl sites for hydroxylation is 1. The average Bonchev–Trinajstić information content (AvgIpc) is 2.87. The minimum Gasteiger partial charge on any atom is -0.465 e. The minimum absolute atomic E-state index is 0.136. The highest BCUT2D eigenvalue weighted by molar-refractivity contribution is 6.35. The first-order valence-corrected chi connectivity index (χ1v) is 8.40. The van der Waals surface area contributed by atoms with E-state index in [9.17, 15) is 14.4 Å².